The van der Waals surface area contributed by atoms with E-state index < -0.39 is 0 Å². The second-order valence-electron chi connectivity index (χ2n) is 4.60. The molecular formula is C13H27NOS. The first-order chi connectivity index (χ1) is 7.84. The molecular weight excluding hydrogens is 218 g/mol. The summed E-state index contributed by atoms with van der Waals surface area (Å²) in [7, 11) is 0. The number of ether oxygens (including phenoxy) is 1. The summed E-state index contributed by atoms with van der Waals surface area (Å²) in [6.45, 7) is 7.52. The summed E-state index contributed by atoms with van der Waals surface area (Å²) in [4.78, 5) is 0. The van der Waals surface area contributed by atoms with Gasteiger partial charge in [0.2, 0.25) is 0 Å². The Morgan fingerprint density at radius 1 is 1.31 bits per heavy atom. The Labute approximate surface area is 105 Å². The topological polar surface area (TPSA) is 21.3 Å². The summed E-state index contributed by atoms with van der Waals surface area (Å²) in [6, 6.07) is 0.731. The zero-order valence-electron chi connectivity index (χ0n) is 10.8. The third kappa shape index (κ3) is 6.12. The van der Waals surface area contributed by atoms with E-state index in [-0.39, 0.29) is 0 Å². The van der Waals surface area contributed by atoms with Gasteiger partial charge in [-0.3, -0.25) is 0 Å². The first-order valence-electron chi connectivity index (χ1n) is 6.77. The molecule has 0 aromatic rings. The largest absolute Gasteiger partial charge is 0.381 e. The van der Waals surface area contributed by atoms with Crippen LogP contribution in [-0.4, -0.2) is 36.8 Å². The lowest BCUT2D eigenvalue weighted by Gasteiger charge is -2.29. The molecule has 0 spiro atoms. The summed E-state index contributed by atoms with van der Waals surface area (Å²) in [6.07, 6.45) is 6.31. The van der Waals surface area contributed by atoms with Gasteiger partial charge in [0.25, 0.3) is 0 Å². The van der Waals surface area contributed by atoms with Gasteiger partial charge in [0.05, 0.1) is 0 Å². The molecule has 1 fully saturated rings. The van der Waals surface area contributed by atoms with Crippen LogP contribution >= 0.6 is 11.8 Å². The molecule has 96 valence electrons. The fourth-order valence-corrected chi connectivity index (χ4v) is 3.17. The van der Waals surface area contributed by atoms with Crippen molar-refractivity contribution in [3.63, 3.8) is 0 Å². The zero-order chi connectivity index (χ0) is 11.6. The zero-order valence-corrected chi connectivity index (χ0v) is 11.7. The molecule has 1 aliphatic rings. The maximum Gasteiger partial charge on any atom is 0.0478 e. The Kier molecular flexibility index (Phi) is 8.34. The summed E-state index contributed by atoms with van der Waals surface area (Å²) in [5, 5.41) is 4.45. The number of hydrogen-bond acceptors (Lipinski definition) is 3. The second-order valence-corrected chi connectivity index (χ2v) is 6.08. The molecule has 2 unspecified atom stereocenters. The monoisotopic (exact) mass is 245 g/mol. The molecule has 1 N–H and O–H groups in total. The van der Waals surface area contributed by atoms with Crippen molar-refractivity contribution in [1.29, 1.82) is 0 Å². The Hall–Kier alpha value is 0.270. The third-order valence-electron chi connectivity index (χ3n) is 3.12. The van der Waals surface area contributed by atoms with Crippen LogP contribution in [-0.2, 0) is 4.74 Å². The molecule has 0 aromatic carbocycles. The molecule has 3 heteroatoms. The molecule has 2 atom stereocenters. The number of unbranched alkanes of at least 4 members (excludes halogenated alkanes) is 1. The van der Waals surface area contributed by atoms with E-state index in [0.717, 1.165) is 37.5 Å². The normalized spacial score (nSPS) is 25.9. The minimum absolute atomic E-state index is 0.731. The highest BCUT2D eigenvalue weighted by molar-refractivity contribution is 7.99. The minimum atomic E-state index is 0.731. The van der Waals surface area contributed by atoms with Crippen molar-refractivity contribution in [2.45, 2.75) is 57.2 Å². The minimum Gasteiger partial charge on any atom is -0.381 e. The lowest BCUT2D eigenvalue weighted by molar-refractivity contribution is 0.128. The van der Waals surface area contributed by atoms with Gasteiger partial charge < -0.3 is 10.1 Å². The maximum absolute atomic E-state index is 5.55. The van der Waals surface area contributed by atoms with E-state index in [1.807, 2.05) is 0 Å². The molecule has 0 bridgehead atoms. The molecule has 0 aliphatic carbocycles. The molecule has 0 radical (unpaired) electrons. The van der Waals surface area contributed by atoms with Crippen LogP contribution in [0.1, 0.15) is 46.0 Å². The van der Waals surface area contributed by atoms with E-state index >= 15 is 0 Å². The molecule has 0 amide bonds. The molecule has 2 nitrogen and oxygen atoms in total. The Morgan fingerprint density at radius 2 is 2.12 bits per heavy atom. The highest BCUT2D eigenvalue weighted by atomic mass is 32.2. The molecule has 1 aliphatic heterocycles. The van der Waals surface area contributed by atoms with E-state index in [1.165, 1.54) is 31.4 Å². The predicted octanol–water partition coefficient (Wildman–Crippen LogP) is 3.07. The lowest BCUT2D eigenvalue weighted by Crippen LogP contribution is -2.39. The first-order valence-corrected chi connectivity index (χ1v) is 7.82. The number of thioether (sulfide) groups is 1. The average molecular weight is 245 g/mol. The average Bonchev–Trinajstić information content (AvgIpc) is 2.30. The van der Waals surface area contributed by atoms with Crippen LogP contribution in [0, 0.1) is 0 Å². The van der Waals surface area contributed by atoms with Crippen LogP contribution in [0.5, 0.6) is 0 Å². The van der Waals surface area contributed by atoms with Gasteiger partial charge in [0, 0.05) is 24.5 Å². The second kappa shape index (κ2) is 9.32. The highest BCUT2D eigenvalue weighted by Gasteiger charge is 2.20. The molecule has 16 heavy (non-hydrogen) atoms. The summed E-state index contributed by atoms with van der Waals surface area (Å²) >= 11 is 2.11. The fraction of sp³-hybridized carbons (Fsp3) is 1.00. The van der Waals surface area contributed by atoms with Crippen LogP contribution in [0.15, 0.2) is 0 Å². The first kappa shape index (κ1) is 14.3. The molecule has 1 heterocycles. The fourth-order valence-electron chi connectivity index (χ4n) is 2.00. The smallest absolute Gasteiger partial charge is 0.0478 e. The standard InChI is InChI=1S/C13H27NOS/c1-3-4-9-15-10-6-8-14-13-7-5-11-16-12(13)2/h12-14H,3-11H2,1-2H3. The van der Waals surface area contributed by atoms with E-state index in [1.54, 1.807) is 0 Å². The number of hydrogen-bond donors (Lipinski definition) is 1. The van der Waals surface area contributed by atoms with Gasteiger partial charge in [-0.05, 0) is 38.0 Å². The molecule has 1 saturated heterocycles. The van der Waals surface area contributed by atoms with E-state index in [2.05, 4.69) is 30.9 Å². The molecule has 0 aromatic heterocycles. The van der Waals surface area contributed by atoms with Crippen LogP contribution in [0.25, 0.3) is 0 Å². The Morgan fingerprint density at radius 3 is 2.88 bits per heavy atom. The number of nitrogens with one attached hydrogen (secondary N) is 1. The van der Waals surface area contributed by atoms with Gasteiger partial charge in [0.1, 0.15) is 0 Å². The van der Waals surface area contributed by atoms with Gasteiger partial charge in [-0.15, -0.1) is 0 Å². The quantitative estimate of drug-likeness (QED) is 0.664. The Balaban J connectivity index is 1.90. The van der Waals surface area contributed by atoms with Crippen molar-refractivity contribution in [3.05, 3.63) is 0 Å². The van der Waals surface area contributed by atoms with Crippen molar-refractivity contribution in [2.75, 3.05) is 25.5 Å². The van der Waals surface area contributed by atoms with Crippen molar-refractivity contribution in [1.82, 2.24) is 5.32 Å². The Bertz CT molecular complexity index is 166. The van der Waals surface area contributed by atoms with Gasteiger partial charge in [-0.1, -0.05) is 20.3 Å². The van der Waals surface area contributed by atoms with Gasteiger partial charge in [0.15, 0.2) is 0 Å². The summed E-state index contributed by atoms with van der Waals surface area (Å²) < 4.78 is 5.55. The lowest BCUT2D eigenvalue weighted by atomic mass is 10.1. The van der Waals surface area contributed by atoms with Crippen LogP contribution in [0.3, 0.4) is 0 Å². The number of rotatable bonds is 8. The maximum atomic E-state index is 5.55. The van der Waals surface area contributed by atoms with Crippen LogP contribution < -0.4 is 5.32 Å². The van der Waals surface area contributed by atoms with Crippen molar-refractivity contribution >= 4 is 11.8 Å². The van der Waals surface area contributed by atoms with Gasteiger partial charge in [-0.2, -0.15) is 11.8 Å². The van der Waals surface area contributed by atoms with Crippen LogP contribution in [0.4, 0.5) is 0 Å². The van der Waals surface area contributed by atoms with E-state index in [0.29, 0.717) is 0 Å². The van der Waals surface area contributed by atoms with E-state index in [4.69, 9.17) is 4.74 Å². The van der Waals surface area contributed by atoms with Gasteiger partial charge >= 0.3 is 0 Å². The predicted molar refractivity (Wildman–Crippen MR) is 73.3 cm³/mol. The van der Waals surface area contributed by atoms with Crippen molar-refractivity contribution in [3.8, 4) is 0 Å². The SMILES string of the molecule is CCCCOCCCNC1CCCSC1C. The third-order valence-corrected chi connectivity index (χ3v) is 4.50. The van der Waals surface area contributed by atoms with Crippen molar-refractivity contribution < 1.29 is 4.74 Å². The summed E-state index contributed by atoms with van der Waals surface area (Å²) in [5.41, 5.74) is 0. The van der Waals surface area contributed by atoms with Crippen molar-refractivity contribution in [2.24, 2.45) is 0 Å². The molecule has 0 saturated carbocycles. The summed E-state index contributed by atoms with van der Waals surface area (Å²) in [5.74, 6) is 1.35. The highest BCUT2D eigenvalue weighted by Crippen LogP contribution is 2.24. The van der Waals surface area contributed by atoms with Crippen LogP contribution in [0.2, 0.25) is 0 Å². The van der Waals surface area contributed by atoms with Gasteiger partial charge in [-0.25, -0.2) is 0 Å². The van der Waals surface area contributed by atoms with E-state index in [9.17, 15) is 0 Å². The molecule has 1 rings (SSSR count).